The van der Waals surface area contributed by atoms with Crippen LogP contribution in [0.1, 0.15) is 35.7 Å². The van der Waals surface area contributed by atoms with Gasteiger partial charge in [0.2, 0.25) is 0 Å². The molecule has 0 aliphatic carbocycles. The summed E-state index contributed by atoms with van der Waals surface area (Å²) in [6.07, 6.45) is 1.80. The summed E-state index contributed by atoms with van der Waals surface area (Å²) in [4.78, 5) is 11.9. The van der Waals surface area contributed by atoms with Gasteiger partial charge >= 0.3 is 0 Å². The third-order valence-corrected chi connectivity index (χ3v) is 2.65. The Kier molecular flexibility index (Phi) is 4.97. The van der Waals surface area contributed by atoms with Gasteiger partial charge in [0.05, 0.1) is 5.56 Å². The van der Waals surface area contributed by atoms with Crippen LogP contribution in [0.25, 0.3) is 0 Å². The fraction of sp³-hybridized carbons (Fsp3) is 0.462. The molecule has 4 N–H and O–H groups in total. The molecule has 0 fully saturated rings. The number of benzene rings is 1. The van der Waals surface area contributed by atoms with Crippen LogP contribution in [0, 0.1) is 6.92 Å². The molecule has 17 heavy (non-hydrogen) atoms. The Morgan fingerprint density at radius 1 is 1.53 bits per heavy atom. The molecule has 4 heteroatoms. The number of hydrogen-bond acceptors (Lipinski definition) is 3. The van der Waals surface area contributed by atoms with E-state index in [1.165, 1.54) is 6.07 Å². The zero-order valence-electron chi connectivity index (χ0n) is 10.4. The number of aromatic hydroxyl groups is 1. The van der Waals surface area contributed by atoms with Gasteiger partial charge in [-0.05, 0) is 25.5 Å². The third kappa shape index (κ3) is 3.75. The van der Waals surface area contributed by atoms with Crippen LogP contribution in [0.15, 0.2) is 18.2 Å². The van der Waals surface area contributed by atoms with E-state index in [1.54, 1.807) is 12.1 Å². The zero-order chi connectivity index (χ0) is 12.8. The number of rotatable bonds is 5. The van der Waals surface area contributed by atoms with E-state index < -0.39 is 0 Å². The minimum absolute atomic E-state index is 0.000342. The van der Waals surface area contributed by atoms with Gasteiger partial charge in [-0.1, -0.05) is 25.0 Å². The third-order valence-electron chi connectivity index (χ3n) is 2.65. The van der Waals surface area contributed by atoms with E-state index in [1.807, 2.05) is 13.8 Å². The fourth-order valence-corrected chi connectivity index (χ4v) is 1.69. The number of amides is 1. The lowest BCUT2D eigenvalue weighted by Crippen LogP contribution is -2.40. The Hall–Kier alpha value is -1.55. The Bertz CT molecular complexity index is 391. The number of phenols is 1. The average Bonchev–Trinajstić information content (AvgIpc) is 2.31. The van der Waals surface area contributed by atoms with Crippen molar-refractivity contribution in [1.82, 2.24) is 5.32 Å². The molecule has 0 aliphatic rings. The highest BCUT2D eigenvalue weighted by atomic mass is 16.3. The van der Waals surface area contributed by atoms with Gasteiger partial charge < -0.3 is 16.2 Å². The van der Waals surface area contributed by atoms with Crippen LogP contribution in [0.2, 0.25) is 0 Å². The predicted molar refractivity (Wildman–Crippen MR) is 68.1 cm³/mol. The first-order chi connectivity index (χ1) is 8.08. The topological polar surface area (TPSA) is 75.3 Å². The van der Waals surface area contributed by atoms with Gasteiger partial charge in [-0.25, -0.2) is 0 Å². The second kappa shape index (κ2) is 6.25. The van der Waals surface area contributed by atoms with E-state index in [4.69, 9.17) is 5.73 Å². The standard InChI is InChI=1S/C13H20N2O2/c1-3-4-10(8-14)15-13(17)11-7-9(2)5-6-12(11)16/h5-7,10,16H,3-4,8,14H2,1-2H3,(H,15,17). The molecule has 0 radical (unpaired) electrons. The largest absolute Gasteiger partial charge is 0.507 e. The van der Waals surface area contributed by atoms with Crippen molar-refractivity contribution in [2.45, 2.75) is 32.7 Å². The number of phenolic OH excluding ortho intramolecular Hbond substituents is 1. The molecule has 1 aromatic carbocycles. The number of nitrogens with one attached hydrogen (secondary N) is 1. The highest BCUT2D eigenvalue weighted by Gasteiger charge is 2.14. The summed E-state index contributed by atoms with van der Waals surface area (Å²) in [5, 5.41) is 12.5. The molecule has 0 aliphatic heterocycles. The maximum atomic E-state index is 11.9. The van der Waals surface area contributed by atoms with E-state index in [9.17, 15) is 9.90 Å². The molecule has 0 bridgehead atoms. The molecule has 0 aromatic heterocycles. The predicted octanol–water partition coefficient (Wildman–Crippen LogP) is 1.56. The molecule has 1 aromatic rings. The molecule has 0 saturated heterocycles. The van der Waals surface area contributed by atoms with Gasteiger partial charge in [0, 0.05) is 12.6 Å². The Balaban J connectivity index is 2.78. The number of nitrogens with two attached hydrogens (primary N) is 1. The molecular weight excluding hydrogens is 216 g/mol. The van der Waals surface area contributed by atoms with Crippen molar-refractivity contribution in [3.05, 3.63) is 29.3 Å². The van der Waals surface area contributed by atoms with Crippen molar-refractivity contribution >= 4 is 5.91 Å². The summed E-state index contributed by atoms with van der Waals surface area (Å²) in [5.74, 6) is -0.268. The van der Waals surface area contributed by atoms with Crippen LogP contribution in [0.4, 0.5) is 0 Å². The van der Waals surface area contributed by atoms with Crippen molar-refractivity contribution in [2.75, 3.05) is 6.54 Å². The van der Waals surface area contributed by atoms with Gasteiger partial charge in [-0.15, -0.1) is 0 Å². The normalized spacial score (nSPS) is 12.2. The molecule has 4 nitrogen and oxygen atoms in total. The summed E-state index contributed by atoms with van der Waals surface area (Å²) in [5.41, 5.74) is 6.82. The molecule has 0 spiro atoms. The van der Waals surface area contributed by atoms with Crippen molar-refractivity contribution < 1.29 is 9.90 Å². The van der Waals surface area contributed by atoms with Crippen molar-refractivity contribution in [3.8, 4) is 5.75 Å². The van der Waals surface area contributed by atoms with E-state index in [2.05, 4.69) is 5.32 Å². The molecule has 0 saturated carbocycles. The van der Waals surface area contributed by atoms with Gasteiger partial charge in [0.15, 0.2) is 0 Å². The fourth-order valence-electron chi connectivity index (χ4n) is 1.69. The van der Waals surface area contributed by atoms with Crippen molar-refractivity contribution in [1.29, 1.82) is 0 Å². The SMILES string of the molecule is CCCC(CN)NC(=O)c1cc(C)ccc1O. The Morgan fingerprint density at radius 3 is 2.82 bits per heavy atom. The minimum atomic E-state index is -0.268. The smallest absolute Gasteiger partial charge is 0.255 e. The number of aryl methyl sites for hydroxylation is 1. The molecule has 1 atom stereocenters. The zero-order valence-corrected chi connectivity index (χ0v) is 10.4. The lowest BCUT2D eigenvalue weighted by molar-refractivity contribution is 0.0933. The lowest BCUT2D eigenvalue weighted by Gasteiger charge is -2.16. The highest BCUT2D eigenvalue weighted by molar-refractivity contribution is 5.97. The maximum absolute atomic E-state index is 11.9. The number of hydrogen-bond donors (Lipinski definition) is 3. The summed E-state index contributed by atoms with van der Waals surface area (Å²) in [6.45, 7) is 4.33. The van der Waals surface area contributed by atoms with E-state index >= 15 is 0 Å². The molecule has 1 unspecified atom stereocenters. The van der Waals surface area contributed by atoms with Crippen molar-refractivity contribution in [3.63, 3.8) is 0 Å². The van der Waals surface area contributed by atoms with Gasteiger partial charge in [-0.3, -0.25) is 4.79 Å². The van der Waals surface area contributed by atoms with Gasteiger partial charge in [0.1, 0.15) is 5.75 Å². The second-order valence-corrected chi connectivity index (χ2v) is 4.22. The van der Waals surface area contributed by atoms with Crippen LogP contribution in [0.5, 0.6) is 5.75 Å². The Morgan fingerprint density at radius 2 is 2.24 bits per heavy atom. The first kappa shape index (κ1) is 13.5. The molecular formula is C13H20N2O2. The van der Waals surface area contributed by atoms with Crippen LogP contribution in [-0.4, -0.2) is 23.6 Å². The summed E-state index contributed by atoms with van der Waals surface area (Å²) in [7, 11) is 0. The van der Waals surface area contributed by atoms with Gasteiger partial charge in [-0.2, -0.15) is 0 Å². The summed E-state index contributed by atoms with van der Waals surface area (Å²) in [6, 6.07) is 4.93. The number of carbonyl (C=O) groups is 1. The number of carbonyl (C=O) groups excluding carboxylic acids is 1. The van der Waals surface area contributed by atoms with Crippen LogP contribution in [0.3, 0.4) is 0 Å². The highest BCUT2D eigenvalue weighted by Crippen LogP contribution is 2.18. The molecule has 1 rings (SSSR count). The summed E-state index contributed by atoms with van der Waals surface area (Å²) >= 11 is 0. The first-order valence-corrected chi connectivity index (χ1v) is 5.89. The van der Waals surface area contributed by atoms with Crippen molar-refractivity contribution in [2.24, 2.45) is 5.73 Å². The monoisotopic (exact) mass is 236 g/mol. The molecule has 94 valence electrons. The van der Waals surface area contributed by atoms with E-state index in [0.29, 0.717) is 12.1 Å². The van der Waals surface area contributed by atoms with E-state index in [0.717, 1.165) is 18.4 Å². The second-order valence-electron chi connectivity index (χ2n) is 4.22. The lowest BCUT2D eigenvalue weighted by atomic mass is 10.1. The van der Waals surface area contributed by atoms with Gasteiger partial charge in [0.25, 0.3) is 5.91 Å². The first-order valence-electron chi connectivity index (χ1n) is 5.89. The maximum Gasteiger partial charge on any atom is 0.255 e. The average molecular weight is 236 g/mol. The van der Waals surface area contributed by atoms with Crippen LogP contribution < -0.4 is 11.1 Å². The quantitative estimate of drug-likeness (QED) is 0.726. The van der Waals surface area contributed by atoms with E-state index in [-0.39, 0.29) is 17.7 Å². The molecule has 1 amide bonds. The minimum Gasteiger partial charge on any atom is -0.507 e. The Labute approximate surface area is 102 Å². The molecule has 0 heterocycles. The van der Waals surface area contributed by atoms with Crippen LogP contribution in [-0.2, 0) is 0 Å². The van der Waals surface area contributed by atoms with Crippen LogP contribution >= 0.6 is 0 Å². The summed E-state index contributed by atoms with van der Waals surface area (Å²) < 4.78 is 0.